The first-order valence-corrected chi connectivity index (χ1v) is 6.89. The fourth-order valence-corrected chi connectivity index (χ4v) is 2.10. The highest BCUT2D eigenvalue weighted by atomic mass is 16.3. The number of hydrogen-bond acceptors (Lipinski definition) is 3. The van der Waals surface area contributed by atoms with Crippen molar-refractivity contribution in [1.29, 1.82) is 0 Å². The Labute approximate surface area is 124 Å². The average molecular weight is 284 g/mol. The smallest absolute Gasteiger partial charge is 0.252 e. The average Bonchev–Trinajstić information content (AvgIpc) is 2.48. The Morgan fingerprint density at radius 2 is 2.00 bits per heavy atom. The predicted molar refractivity (Wildman–Crippen MR) is 83.0 cm³/mol. The van der Waals surface area contributed by atoms with Gasteiger partial charge in [0, 0.05) is 17.3 Å². The number of aliphatic hydroxyl groups is 1. The number of nitrogens with zero attached hydrogens (tertiary/aromatic N) is 1. The quantitative estimate of drug-likeness (QED) is 0.907. The summed E-state index contributed by atoms with van der Waals surface area (Å²) in [6.07, 6.45) is 1.73. The predicted octanol–water partition coefficient (Wildman–Crippen LogP) is 2.56. The standard InChI is InChI=1S/C17H20N2O2/c1-12-13(15-9-4-5-10-18-15)7-6-8-14(12)16(21)19-17(2,3)11-20/h4-10,20H,11H2,1-3H3,(H,19,21). The Kier molecular flexibility index (Phi) is 4.38. The van der Waals surface area contributed by atoms with E-state index in [0.717, 1.165) is 16.8 Å². The van der Waals surface area contributed by atoms with E-state index in [-0.39, 0.29) is 12.5 Å². The first-order chi connectivity index (χ1) is 9.94. The molecular weight excluding hydrogens is 264 g/mol. The number of benzene rings is 1. The van der Waals surface area contributed by atoms with Crippen molar-refractivity contribution in [3.8, 4) is 11.3 Å². The SMILES string of the molecule is Cc1c(C(=O)NC(C)(C)CO)cccc1-c1ccccn1. The van der Waals surface area contributed by atoms with Gasteiger partial charge >= 0.3 is 0 Å². The summed E-state index contributed by atoms with van der Waals surface area (Å²) in [7, 11) is 0. The molecule has 0 bridgehead atoms. The van der Waals surface area contributed by atoms with Crippen molar-refractivity contribution in [3.63, 3.8) is 0 Å². The molecule has 0 unspecified atom stereocenters. The van der Waals surface area contributed by atoms with Crippen LogP contribution in [0, 0.1) is 6.92 Å². The highest BCUT2D eigenvalue weighted by Crippen LogP contribution is 2.24. The number of pyridine rings is 1. The summed E-state index contributed by atoms with van der Waals surface area (Å²) in [5.74, 6) is -0.190. The molecule has 0 saturated carbocycles. The Morgan fingerprint density at radius 1 is 1.24 bits per heavy atom. The molecule has 0 aliphatic carbocycles. The van der Waals surface area contributed by atoms with Gasteiger partial charge in [-0.05, 0) is 44.5 Å². The minimum atomic E-state index is -0.648. The molecule has 1 aromatic heterocycles. The molecular formula is C17H20N2O2. The number of amides is 1. The lowest BCUT2D eigenvalue weighted by atomic mass is 9.98. The minimum absolute atomic E-state index is 0.113. The van der Waals surface area contributed by atoms with Crippen LogP contribution in [0.4, 0.5) is 0 Å². The Balaban J connectivity index is 2.37. The first-order valence-electron chi connectivity index (χ1n) is 6.89. The number of rotatable bonds is 4. The van der Waals surface area contributed by atoms with Crippen LogP contribution in [0.2, 0.25) is 0 Å². The Morgan fingerprint density at radius 3 is 2.62 bits per heavy atom. The summed E-state index contributed by atoms with van der Waals surface area (Å²) in [6.45, 7) is 5.36. The van der Waals surface area contributed by atoms with Crippen LogP contribution in [0.5, 0.6) is 0 Å². The molecule has 2 rings (SSSR count). The van der Waals surface area contributed by atoms with Gasteiger partial charge < -0.3 is 10.4 Å². The van der Waals surface area contributed by atoms with Gasteiger partial charge in [0.2, 0.25) is 0 Å². The molecule has 4 nitrogen and oxygen atoms in total. The third-order valence-corrected chi connectivity index (χ3v) is 3.37. The second kappa shape index (κ2) is 6.06. The highest BCUT2D eigenvalue weighted by Gasteiger charge is 2.21. The van der Waals surface area contributed by atoms with Crippen LogP contribution in [0.1, 0.15) is 29.8 Å². The van der Waals surface area contributed by atoms with Gasteiger partial charge in [0.1, 0.15) is 0 Å². The van der Waals surface area contributed by atoms with E-state index in [4.69, 9.17) is 0 Å². The van der Waals surface area contributed by atoms with Gasteiger partial charge in [0.25, 0.3) is 5.91 Å². The summed E-state index contributed by atoms with van der Waals surface area (Å²) >= 11 is 0. The van der Waals surface area contributed by atoms with Crippen molar-refractivity contribution in [2.75, 3.05) is 6.61 Å². The van der Waals surface area contributed by atoms with Gasteiger partial charge in [0.05, 0.1) is 17.8 Å². The molecule has 1 aromatic carbocycles. The zero-order valence-corrected chi connectivity index (χ0v) is 12.6. The summed E-state index contributed by atoms with van der Waals surface area (Å²) in [6, 6.07) is 11.3. The summed E-state index contributed by atoms with van der Waals surface area (Å²) in [5.41, 5.74) is 2.60. The molecule has 2 N–H and O–H groups in total. The summed E-state index contributed by atoms with van der Waals surface area (Å²) < 4.78 is 0. The molecule has 1 amide bonds. The molecule has 0 radical (unpaired) electrons. The highest BCUT2D eigenvalue weighted by molar-refractivity contribution is 5.97. The van der Waals surface area contributed by atoms with Crippen molar-refractivity contribution in [2.24, 2.45) is 0 Å². The molecule has 0 saturated heterocycles. The van der Waals surface area contributed by atoms with E-state index >= 15 is 0 Å². The lowest BCUT2D eigenvalue weighted by Crippen LogP contribution is -2.46. The van der Waals surface area contributed by atoms with E-state index in [1.807, 2.05) is 37.3 Å². The zero-order valence-electron chi connectivity index (χ0n) is 12.6. The third kappa shape index (κ3) is 3.47. The van der Waals surface area contributed by atoms with Crippen LogP contribution in [-0.2, 0) is 0 Å². The van der Waals surface area contributed by atoms with Gasteiger partial charge in [0.15, 0.2) is 0 Å². The van der Waals surface area contributed by atoms with Crippen molar-refractivity contribution >= 4 is 5.91 Å². The molecule has 0 atom stereocenters. The molecule has 0 aliphatic rings. The second-order valence-electron chi connectivity index (χ2n) is 5.69. The summed E-state index contributed by atoms with van der Waals surface area (Å²) in [5, 5.41) is 12.1. The molecule has 0 aliphatic heterocycles. The van der Waals surface area contributed by atoms with Crippen molar-refractivity contribution in [1.82, 2.24) is 10.3 Å². The van der Waals surface area contributed by atoms with E-state index in [1.54, 1.807) is 26.1 Å². The molecule has 1 heterocycles. The van der Waals surface area contributed by atoms with Gasteiger partial charge in [-0.25, -0.2) is 0 Å². The topological polar surface area (TPSA) is 62.2 Å². The molecule has 2 aromatic rings. The van der Waals surface area contributed by atoms with Gasteiger partial charge in [-0.2, -0.15) is 0 Å². The third-order valence-electron chi connectivity index (χ3n) is 3.37. The van der Waals surface area contributed by atoms with Gasteiger partial charge in [-0.3, -0.25) is 9.78 Å². The number of carbonyl (C=O) groups excluding carboxylic acids is 1. The molecule has 21 heavy (non-hydrogen) atoms. The van der Waals surface area contributed by atoms with Gasteiger partial charge in [-0.1, -0.05) is 18.2 Å². The van der Waals surface area contributed by atoms with Crippen LogP contribution >= 0.6 is 0 Å². The number of carbonyl (C=O) groups is 1. The van der Waals surface area contributed by atoms with Crippen LogP contribution in [0.15, 0.2) is 42.6 Å². The zero-order chi connectivity index (χ0) is 15.5. The fraction of sp³-hybridized carbons (Fsp3) is 0.294. The second-order valence-corrected chi connectivity index (χ2v) is 5.69. The molecule has 110 valence electrons. The largest absolute Gasteiger partial charge is 0.394 e. The van der Waals surface area contributed by atoms with Crippen molar-refractivity contribution in [3.05, 3.63) is 53.7 Å². The first kappa shape index (κ1) is 15.2. The minimum Gasteiger partial charge on any atom is -0.394 e. The molecule has 0 spiro atoms. The number of aromatic nitrogens is 1. The van der Waals surface area contributed by atoms with Crippen LogP contribution in [-0.4, -0.2) is 28.1 Å². The van der Waals surface area contributed by atoms with E-state index in [1.165, 1.54) is 0 Å². The normalized spacial score (nSPS) is 11.2. The fourth-order valence-electron chi connectivity index (χ4n) is 2.10. The lowest BCUT2D eigenvalue weighted by Gasteiger charge is -2.24. The van der Waals surface area contributed by atoms with Crippen LogP contribution in [0.25, 0.3) is 11.3 Å². The Bertz CT molecular complexity index is 636. The Hall–Kier alpha value is -2.20. The van der Waals surface area contributed by atoms with Crippen molar-refractivity contribution in [2.45, 2.75) is 26.3 Å². The van der Waals surface area contributed by atoms with Crippen LogP contribution in [0.3, 0.4) is 0 Å². The summed E-state index contributed by atoms with van der Waals surface area (Å²) in [4.78, 5) is 16.7. The molecule has 0 fully saturated rings. The van der Waals surface area contributed by atoms with Crippen molar-refractivity contribution < 1.29 is 9.90 Å². The van der Waals surface area contributed by atoms with E-state index < -0.39 is 5.54 Å². The maximum atomic E-state index is 12.4. The van der Waals surface area contributed by atoms with E-state index in [0.29, 0.717) is 5.56 Å². The van der Waals surface area contributed by atoms with E-state index in [2.05, 4.69) is 10.3 Å². The lowest BCUT2D eigenvalue weighted by molar-refractivity contribution is 0.0869. The van der Waals surface area contributed by atoms with Crippen LogP contribution < -0.4 is 5.32 Å². The number of nitrogens with one attached hydrogen (secondary N) is 1. The van der Waals surface area contributed by atoms with E-state index in [9.17, 15) is 9.90 Å². The monoisotopic (exact) mass is 284 g/mol. The molecule has 4 heteroatoms. The van der Waals surface area contributed by atoms with Gasteiger partial charge in [-0.15, -0.1) is 0 Å². The maximum absolute atomic E-state index is 12.4. The maximum Gasteiger partial charge on any atom is 0.252 e. The number of aliphatic hydroxyl groups excluding tert-OH is 1. The number of hydrogen-bond donors (Lipinski definition) is 2.